The second kappa shape index (κ2) is 7.37. The van der Waals surface area contributed by atoms with E-state index in [4.69, 9.17) is 4.74 Å². The SMILES string of the molecule is COC(=O)CNC(=O)NCOc1c(C)ccc(C)c1C. The molecule has 0 spiro atoms. The summed E-state index contributed by atoms with van der Waals surface area (Å²) in [7, 11) is 1.26. The standard InChI is InChI=1S/C14H20N2O4/c1-9-5-6-10(2)13(11(9)3)20-8-16-14(18)15-7-12(17)19-4/h5-6H,7-8H2,1-4H3,(H2,15,16,18). The Balaban J connectivity index is 2.43. The molecule has 1 aromatic rings. The molecule has 0 saturated carbocycles. The number of esters is 1. The highest BCUT2D eigenvalue weighted by Gasteiger charge is 2.08. The Morgan fingerprint density at radius 1 is 1.10 bits per heavy atom. The van der Waals surface area contributed by atoms with Crippen molar-refractivity contribution in [3.63, 3.8) is 0 Å². The topological polar surface area (TPSA) is 76.7 Å². The number of carbonyl (C=O) groups excluding carboxylic acids is 2. The van der Waals surface area contributed by atoms with Crippen LogP contribution in [-0.2, 0) is 9.53 Å². The zero-order chi connectivity index (χ0) is 15.1. The van der Waals surface area contributed by atoms with Crippen molar-refractivity contribution in [2.45, 2.75) is 20.8 Å². The third kappa shape index (κ3) is 4.46. The van der Waals surface area contributed by atoms with Crippen molar-refractivity contribution in [3.05, 3.63) is 28.8 Å². The number of hydrogen-bond acceptors (Lipinski definition) is 4. The highest BCUT2D eigenvalue weighted by molar-refractivity contribution is 5.80. The maximum absolute atomic E-state index is 11.4. The molecular formula is C14H20N2O4. The van der Waals surface area contributed by atoms with E-state index in [2.05, 4.69) is 15.4 Å². The second-order valence-electron chi connectivity index (χ2n) is 4.38. The molecule has 0 unspecified atom stereocenters. The molecule has 0 heterocycles. The van der Waals surface area contributed by atoms with Crippen LogP contribution in [0.1, 0.15) is 16.7 Å². The van der Waals surface area contributed by atoms with E-state index < -0.39 is 12.0 Å². The predicted octanol–water partition coefficient (Wildman–Crippen LogP) is 1.42. The number of hydrogen-bond donors (Lipinski definition) is 2. The fraction of sp³-hybridized carbons (Fsp3) is 0.429. The highest BCUT2D eigenvalue weighted by Crippen LogP contribution is 2.25. The van der Waals surface area contributed by atoms with Gasteiger partial charge in [-0.25, -0.2) is 4.79 Å². The molecular weight excluding hydrogens is 260 g/mol. The number of ether oxygens (including phenoxy) is 2. The van der Waals surface area contributed by atoms with Crippen molar-refractivity contribution >= 4 is 12.0 Å². The first-order valence-electron chi connectivity index (χ1n) is 6.23. The van der Waals surface area contributed by atoms with Gasteiger partial charge in [0, 0.05) is 0 Å². The van der Waals surface area contributed by atoms with Crippen LogP contribution in [0.2, 0.25) is 0 Å². The lowest BCUT2D eigenvalue weighted by Crippen LogP contribution is -2.40. The fourth-order valence-corrected chi connectivity index (χ4v) is 1.61. The van der Waals surface area contributed by atoms with Gasteiger partial charge < -0.3 is 20.1 Å². The van der Waals surface area contributed by atoms with Crippen LogP contribution in [0.5, 0.6) is 5.75 Å². The van der Waals surface area contributed by atoms with E-state index in [1.165, 1.54) is 7.11 Å². The first-order chi connectivity index (χ1) is 9.45. The molecule has 6 heteroatoms. The van der Waals surface area contributed by atoms with Crippen molar-refractivity contribution in [2.75, 3.05) is 20.4 Å². The van der Waals surface area contributed by atoms with E-state index in [1.54, 1.807) is 0 Å². The van der Waals surface area contributed by atoms with Gasteiger partial charge in [-0.15, -0.1) is 0 Å². The maximum atomic E-state index is 11.4. The lowest BCUT2D eigenvalue weighted by molar-refractivity contribution is -0.139. The summed E-state index contributed by atoms with van der Waals surface area (Å²) in [4.78, 5) is 22.2. The average molecular weight is 280 g/mol. The molecule has 0 atom stereocenters. The van der Waals surface area contributed by atoms with Gasteiger partial charge in [0.1, 0.15) is 12.3 Å². The van der Waals surface area contributed by atoms with Gasteiger partial charge in [0.15, 0.2) is 6.73 Å². The van der Waals surface area contributed by atoms with Crippen LogP contribution in [0.4, 0.5) is 4.79 Å². The molecule has 110 valence electrons. The van der Waals surface area contributed by atoms with Gasteiger partial charge in [0.25, 0.3) is 0 Å². The molecule has 0 aliphatic rings. The number of rotatable bonds is 5. The molecule has 2 amide bonds. The van der Waals surface area contributed by atoms with Gasteiger partial charge in [0.2, 0.25) is 0 Å². The lowest BCUT2D eigenvalue weighted by Gasteiger charge is -2.14. The van der Waals surface area contributed by atoms with E-state index in [1.807, 2.05) is 32.9 Å². The van der Waals surface area contributed by atoms with Gasteiger partial charge in [-0.2, -0.15) is 0 Å². The van der Waals surface area contributed by atoms with Crippen molar-refractivity contribution in [1.82, 2.24) is 10.6 Å². The number of benzene rings is 1. The zero-order valence-electron chi connectivity index (χ0n) is 12.2. The van der Waals surface area contributed by atoms with Gasteiger partial charge in [-0.05, 0) is 37.5 Å². The molecule has 0 saturated heterocycles. The maximum Gasteiger partial charge on any atom is 0.325 e. The summed E-state index contributed by atoms with van der Waals surface area (Å²) < 4.78 is 9.97. The summed E-state index contributed by atoms with van der Waals surface area (Å²) in [6, 6.07) is 3.50. The van der Waals surface area contributed by atoms with Crippen LogP contribution in [0.3, 0.4) is 0 Å². The van der Waals surface area contributed by atoms with Gasteiger partial charge >= 0.3 is 12.0 Å². The summed E-state index contributed by atoms with van der Waals surface area (Å²) in [5.74, 6) is 0.254. The Morgan fingerprint density at radius 3 is 2.40 bits per heavy atom. The Bertz CT molecular complexity index is 500. The Morgan fingerprint density at radius 2 is 1.75 bits per heavy atom. The molecule has 0 fully saturated rings. The molecule has 0 aliphatic heterocycles. The number of amides is 2. The van der Waals surface area contributed by atoms with Crippen LogP contribution in [0, 0.1) is 20.8 Å². The molecule has 20 heavy (non-hydrogen) atoms. The first-order valence-corrected chi connectivity index (χ1v) is 6.23. The molecule has 0 radical (unpaired) electrons. The molecule has 0 aromatic heterocycles. The van der Waals surface area contributed by atoms with Crippen molar-refractivity contribution in [3.8, 4) is 5.75 Å². The largest absolute Gasteiger partial charge is 0.473 e. The van der Waals surface area contributed by atoms with E-state index in [-0.39, 0.29) is 13.3 Å². The minimum absolute atomic E-state index is 0.0259. The van der Waals surface area contributed by atoms with E-state index in [0.717, 1.165) is 22.4 Å². The Labute approximate surface area is 118 Å². The zero-order valence-corrected chi connectivity index (χ0v) is 12.2. The summed E-state index contributed by atoms with van der Waals surface area (Å²) in [6.45, 7) is 5.76. The molecule has 2 N–H and O–H groups in total. The third-order valence-corrected chi connectivity index (χ3v) is 2.94. The van der Waals surface area contributed by atoms with E-state index in [9.17, 15) is 9.59 Å². The summed E-state index contributed by atoms with van der Waals surface area (Å²) in [5, 5.41) is 4.86. The Hall–Kier alpha value is -2.24. The second-order valence-corrected chi connectivity index (χ2v) is 4.38. The van der Waals surface area contributed by atoms with Gasteiger partial charge in [0.05, 0.1) is 7.11 Å². The van der Waals surface area contributed by atoms with Crippen LogP contribution >= 0.6 is 0 Å². The van der Waals surface area contributed by atoms with Crippen LogP contribution in [0.15, 0.2) is 12.1 Å². The molecule has 0 aliphatic carbocycles. The summed E-state index contributed by atoms with van der Waals surface area (Å²) in [6.07, 6.45) is 0. The fourth-order valence-electron chi connectivity index (χ4n) is 1.61. The van der Waals surface area contributed by atoms with E-state index in [0.29, 0.717) is 0 Å². The molecule has 0 bridgehead atoms. The molecule has 1 aromatic carbocycles. The monoisotopic (exact) mass is 280 g/mol. The number of carbonyl (C=O) groups is 2. The third-order valence-electron chi connectivity index (χ3n) is 2.94. The summed E-state index contributed by atoms with van der Waals surface area (Å²) in [5.41, 5.74) is 3.17. The minimum Gasteiger partial charge on any atom is -0.473 e. The van der Waals surface area contributed by atoms with Gasteiger partial charge in [-0.3, -0.25) is 4.79 Å². The first kappa shape index (κ1) is 15.8. The Kier molecular flexibility index (Phi) is 5.83. The van der Waals surface area contributed by atoms with Crippen molar-refractivity contribution < 1.29 is 19.1 Å². The normalized spacial score (nSPS) is 9.80. The van der Waals surface area contributed by atoms with Crippen LogP contribution in [-0.4, -0.2) is 32.4 Å². The van der Waals surface area contributed by atoms with Crippen molar-refractivity contribution in [2.24, 2.45) is 0 Å². The highest BCUT2D eigenvalue weighted by atomic mass is 16.5. The minimum atomic E-state index is -0.508. The van der Waals surface area contributed by atoms with Crippen LogP contribution in [0.25, 0.3) is 0 Å². The predicted molar refractivity (Wildman–Crippen MR) is 74.7 cm³/mol. The quantitative estimate of drug-likeness (QED) is 0.631. The lowest BCUT2D eigenvalue weighted by atomic mass is 10.1. The van der Waals surface area contributed by atoms with Crippen LogP contribution < -0.4 is 15.4 Å². The molecule has 6 nitrogen and oxygen atoms in total. The number of methoxy groups -OCH3 is 1. The number of urea groups is 1. The van der Waals surface area contributed by atoms with Crippen molar-refractivity contribution in [1.29, 1.82) is 0 Å². The smallest absolute Gasteiger partial charge is 0.325 e. The van der Waals surface area contributed by atoms with Gasteiger partial charge in [-0.1, -0.05) is 12.1 Å². The number of nitrogens with one attached hydrogen (secondary N) is 2. The number of aryl methyl sites for hydroxylation is 2. The van der Waals surface area contributed by atoms with E-state index >= 15 is 0 Å². The summed E-state index contributed by atoms with van der Waals surface area (Å²) >= 11 is 0. The average Bonchev–Trinajstić information content (AvgIpc) is 2.44. The molecule has 1 rings (SSSR count).